The van der Waals surface area contributed by atoms with Gasteiger partial charge in [0, 0.05) is 18.9 Å². The lowest BCUT2D eigenvalue weighted by Gasteiger charge is -2.26. The van der Waals surface area contributed by atoms with E-state index in [1.807, 2.05) is 0 Å². The average molecular weight is 580 g/mol. The zero-order chi connectivity index (χ0) is 29.1. The van der Waals surface area contributed by atoms with Crippen LogP contribution in [0.15, 0.2) is 48.7 Å². The quantitative estimate of drug-likeness (QED) is 0.201. The van der Waals surface area contributed by atoms with Gasteiger partial charge in [-0.15, -0.1) is 0 Å². The van der Waals surface area contributed by atoms with E-state index in [1.54, 1.807) is 18.2 Å². The first-order valence-electron chi connectivity index (χ1n) is 12.5. The Balaban J connectivity index is 1.64. The van der Waals surface area contributed by atoms with Crippen LogP contribution in [0.2, 0.25) is 0 Å². The maximum absolute atomic E-state index is 13.8. The fourth-order valence-corrected chi connectivity index (χ4v) is 5.28. The topological polar surface area (TPSA) is 157 Å². The van der Waals surface area contributed by atoms with Crippen molar-refractivity contribution >= 4 is 36.6 Å². The largest absolute Gasteiger partial charge is 0.421 e. The van der Waals surface area contributed by atoms with Crippen LogP contribution in [0.1, 0.15) is 58.6 Å². The lowest BCUT2D eigenvalue weighted by Crippen LogP contribution is -2.21. The van der Waals surface area contributed by atoms with Gasteiger partial charge in [0.1, 0.15) is 11.4 Å². The number of alkyl halides is 3. The van der Waals surface area contributed by atoms with E-state index in [0.29, 0.717) is 30.3 Å². The van der Waals surface area contributed by atoms with Gasteiger partial charge in [-0.1, -0.05) is 18.2 Å². The molecule has 0 spiro atoms. The van der Waals surface area contributed by atoms with Gasteiger partial charge in [0.25, 0.3) is 5.91 Å². The van der Waals surface area contributed by atoms with Gasteiger partial charge in [0.05, 0.1) is 23.5 Å². The van der Waals surface area contributed by atoms with Gasteiger partial charge >= 0.3 is 13.8 Å². The molecule has 40 heavy (non-hydrogen) atoms. The summed E-state index contributed by atoms with van der Waals surface area (Å²) in [6, 6.07) is 10.9. The highest BCUT2D eigenvalue weighted by Gasteiger charge is 2.36. The minimum Gasteiger partial charge on any atom is -0.393 e. The summed E-state index contributed by atoms with van der Waals surface area (Å²) in [4.78, 5) is 38.7. The van der Waals surface area contributed by atoms with E-state index >= 15 is 0 Å². The van der Waals surface area contributed by atoms with E-state index in [2.05, 4.69) is 25.9 Å². The van der Waals surface area contributed by atoms with Crippen LogP contribution in [0.25, 0.3) is 0 Å². The van der Waals surface area contributed by atoms with Gasteiger partial charge in [-0.25, -0.2) is 4.98 Å². The van der Waals surface area contributed by atoms with Gasteiger partial charge < -0.3 is 30.8 Å². The Morgan fingerprint density at radius 2 is 1.73 bits per heavy atom. The van der Waals surface area contributed by atoms with Gasteiger partial charge in [-0.3, -0.25) is 9.36 Å². The number of nitrogens with zero attached hydrogens (tertiary/aromatic N) is 2. The normalized spacial score (nSPS) is 17.8. The fourth-order valence-electron chi connectivity index (χ4n) is 4.59. The summed E-state index contributed by atoms with van der Waals surface area (Å²) >= 11 is 0. The van der Waals surface area contributed by atoms with Crippen LogP contribution < -0.4 is 16.0 Å². The molecule has 3 aromatic rings. The Hall–Kier alpha value is -3.51. The van der Waals surface area contributed by atoms with Gasteiger partial charge in [0.2, 0.25) is 5.95 Å². The van der Waals surface area contributed by atoms with Crippen LogP contribution in [0, 0.1) is 0 Å². The Bertz CT molecular complexity index is 1410. The molecular formula is C26H29F3N5O5P. The summed E-state index contributed by atoms with van der Waals surface area (Å²) in [5.74, 6) is -1.11. The lowest BCUT2D eigenvalue weighted by molar-refractivity contribution is -0.137. The number of rotatable bonds is 8. The molecule has 6 N–H and O–H groups in total. The molecule has 1 saturated carbocycles. The summed E-state index contributed by atoms with van der Waals surface area (Å²) in [6.07, 6.45) is -2.22. The van der Waals surface area contributed by atoms with Crippen LogP contribution in [-0.4, -0.2) is 43.9 Å². The molecule has 1 aliphatic carbocycles. The molecule has 0 atom stereocenters. The number of hydrogen-bond donors (Lipinski definition) is 6. The van der Waals surface area contributed by atoms with Crippen LogP contribution in [-0.2, 0) is 16.9 Å². The third kappa shape index (κ3) is 7.57. The van der Waals surface area contributed by atoms with E-state index in [9.17, 15) is 27.6 Å². The molecule has 1 heterocycles. The van der Waals surface area contributed by atoms with Crippen LogP contribution in [0.5, 0.6) is 0 Å². The first-order chi connectivity index (χ1) is 18.8. The first kappa shape index (κ1) is 29.5. The minimum absolute atomic E-state index is 0.120. The summed E-state index contributed by atoms with van der Waals surface area (Å²) in [5, 5.41) is 17.8. The second-order valence-electron chi connectivity index (χ2n) is 9.61. The number of carbonyl (C=O) groups is 1. The molecule has 214 valence electrons. The number of carbonyl (C=O) groups excluding carboxylic acids is 1. The van der Waals surface area contributed by atoms with Crippen molar-refractivity contribution in [2.45, 2.75) is 50.0 Å². The highest BCUT2D eigenvalue weighted by Crippen LogP contribution is 2.40. The number of hydrogen-bond acceptors (Lipinski definition) is 7. The van der Waals surface area contributed by atoms with Crippen LogP contribution in [0.3, 0.4) is 0 Å². The second kappa shape index (κ2) is 11.9. The van der Waals surface area contributed by atoms with Crippen molar-refractivity contribution in [2.24, 2.45) is 0 Å². The summed E-state index contributed by atoms with van der Waals surface area (Å²) < 4.78 is 52.7. The molecule has 10 nitrogen and oxygen atoms in total. The van der Waals surface area contributed by atoms with Crippen molar-refractivity contribution in [3.63, 3.8) is 0 Å². The Morgan fingerprint density at radius 1 is 1.05 bits per heavy atom. The molecule has 0 bridgehead atoms. The van der Waals surface area contributed by atoms with E-state index in [0.717, 1.165) is 18.4 Å². The molecular weight excluding hydrogens is 550 g/mol. The maximum atomic E-state index is 13.8. The third-order valence-electron chi connectivity index (χ3n) is 6.63. The highest BCUT2D eigenvalue weighted by atomic mass is 31.2. The van der Waals surface area contributed by atoms with Gasteiger partial charge in [-0.05, 0) is 67.0 Å². The summed E-state index contributed by atoms with van der Waals surface area (Å²) in [5.41, 5.74) is 0.754. The maximum Gasteiger partial charge on any atom is 0.421 e. The number of halogens is 3. The van der Waals surface area contributed by atoms with Crippen LogP contribution in [0.4, 0.5) is 36.3 Å². The number of benzene rings is 2. The third-order valence-corrected chi connectivity index (χ3v) is 7.41. The molecule has 0 saturated heterocycles. The molecule has 0 unspecified atom stereocenters. The molecule has 1 aliphatic rings. The number of aliphatic hydroxyl groups excluding tert-OH is 1. The minimum atomic E-state index is -4.79. The van der Waals surface area contributed by atoms with E-state index in [1.165, 1.54) is 31.3 Å². The van der Waals surface area contributed by atoms with Gasteiger partial charge in [-0.2, -0.15) is 18.2 Å². The standard InChI is InChI=1S/C26H29F3N5O5P/c1-30-24(36)20-12-17(16-4-9-19(35)10-5-16)6-11-22(20)33-23-21(26(27,28)29)13-31-25(34-23)32-18-7-2-15(3-8-18)14-40(37,38)39/h2-3,6-8,11-13,16,19,35H,4-5,9-10,14H2,1H3,(H,30,36)(H2,37,38,39)(H2,31,32,33,34)/t16-,19+. The predicted octanol–water partition coefficient (Wildman–Crippen LogP) is 5.04. The summed E-state index contributed by atoms with van der Waals surface area (Å²) in [7, 11) is -2.83. The fraction of sp³-hybridized carbons (Fsp3) is 0.346. The average Bonchev–Trinajstić information content (AvgIpc) is 2.89. The van der Waals surface area contributed by atoms with Crippen molar-refractivity contribution in [2.75, 3.05) is 17.7 Å². The Kier molecular flexibility index (Phi) is 8.79. The predicted molar refractivity (Wildman–Crippen MR) is 143 cm³/mol. The zero-order valence-electron chi connectivity index (χ0n) is 21.4. The first-order valence-corrected chi connectivity index (χ1v) is 14.3. The number of nitrogens with one attached hydrogen (secondary N) is 3. The van der Waals surface area contributed by atoms with E-state index in [-0.39, 0.29) is 29.2 Å². The molecule has 14 heteroatoms. The van der Waals surface area contributed by atoms with Crippen molar-refractivity contribution < 1.29 is 37.4 Å². The zero-order valence-corrected chi connectivity index (χ0v) is 22.3. The smallest absolute Gasteiger partial charge is 0.393 e. The molecule has 0 aliphatic heterocycles. The monoisotopic (exact) mass is 579 g/mol. The van der Waals surface area contributed by atoms with Crippen molar-refractivity contribution in [1.29, 1.82) is 0 Å². The summed E-state index contributed by atoms with van der Waals surface area (Å²) in [6.45, 7) is 0. The van der Waals surface area contributed by atoms with Crippen molar-refractivity contribution in [3.05, 3.63) is 70.9 Å². The number of aliphatic hydroxyl groups is 1. The highest BCUT2D eigenvalue weighted by molar-refractivity contribution is 7.50. The van der Waals surface area contributed by atoms with Crippen molar-refractivity contribution in [3.8, 4) is 0 Å². The lowest BCUT2D eigenvalue weighted by atomic mass is 9.82. The number of aromatic nitrogens is 2. The number of anilines is 4. The number of amides is 1. The van der Waals surface area contributed by atoms with Crippen molar-refractivity contribution in [1.82, 2.24) is 15.3 Å². The van der Waals surface area contributed by atoms with E-state index in [4.69, 9.17) is 9.79 Å². The SMILES string of the molecule is CNC(=O)c1cc([C@H]2CC[C@@H](O)CC2)ccc1Nc1nc(Nc2ccc(CP(=O)(O)O)cc2)ncc1C(F)(F)F. The molecule has 4 rings (SSSR count). The van der Waals surface area contributed by atoms with Crippen LogP contribution >= 0.6 is 7.60 Å². The molecule has 1 fully saturated rings. The Morgan fingerprint density at radius 3 is 2.33 bits per heavy atom. The Labute approximate surface area is 228 Å². The molecule has 0 radical (unpaired) electrons. The van der Waals surface area contributed by atoms with E-state index < -0.39 is 37.2 Å². The molecule has 2 aromatic carbocycles. The molecule has 1 aromatic heterocycles. The van der Waals surface area contributed by atoms with Gasteiger partial charge in [0.15, 0.2) is 0 Å². The second-order valence-corrected chi connectivity index (χ2v) is 11.3. The molecule has 1 amide bonds.